The van der Waals surface area contributed by atoms with E-state index in [4.69, 9.17) is 0 Å². The minimum atomic E-state index is -0.386. The minimum absolute atomic E-state index is 0.0244. The Morgan fingerprint density at radius 1 is 1.11 bits per heavy atom. The third kappa shape index (κ3) is 4.62. The summed E-state index contributed by atoms with van der Waals surface area (Å²) in [5, 5.41) is 15.8. The molecule has 2 aromatic rings. The number of nitrogens with zero attached hydrogens (tertiary/aromatic N) is 3. The van der Waals surface area contributed by atoms with Gasteiger partial charge >= 0.3 is 0 Å². The van der Waals surface area contributed by atoms with Gasteiger partial charge in [-0.2, -0.15) is 0 Å². The van der Waals surface area contributed by atoms with Crippen molar-refractivity contribution < 1.29 is 14.5 Å². The van der Waals surface area contributed by atoms with Gasteiger partial charge in [-0.05, 0) is 17.5 Å². The number of piperazine rings is 1. The molecule has 3 rings (SSSR count). The highest BCUT2D eigenvalue weighted by molar-refractivity contribution is 7.12. The lowest BCUT2D eigenvalue weighted by Crippen LogP contribution is -2.49. The van der Waals surface area contributed by atoms with Gasteiger partial charge in [0.15, 0.2) is 0 Å². The van der Waals surface area contributed by atoms with Gasteiger partial charge in [0.1, 0.15) is 5.69 Å². The van der Waals surface area contributed by atoms with Gasteiger partial charge < -0.3 is 15.1 Å². The van der Waals surface area contributed by atoms with Gasteiger partial charge in [-0.3, -0.25) is 19.7 Å². The highest BCUT2D eigenvalue weighted by Crippen LogP contribution is 2.28. The van der Waals surface area contributed by atoms with Gasteiger partial charge in [0.05, 0.1) is 9.80 Å². The van der Waals surface area contributed by atoms with E-state index >= 15 is 0 Å². The maximum absolute atomic E-state index is 12.3. The highest BCUT2D eigenvalue weighted by Gasteiger charge is 2.25. The molecule has 2 heterocycles. The Bertz CT molecular complexity index is 817. The predicted octanol–water partition coefficient (Wildman–Crippen LogP) is 2.12. The fraction of sp³-hybridized carbons (Fsp3) is 0.333. The minimum Gasteiger partial charge on any atom is -0.362 e. The van der Waals surface area contributed by atoms with Crippen LogP contribution in [0.2, 0.25) is 0 Å². The standard InChI is InChI=1S/C18H20N4O4S/c23-17(7-8-19-18(24)16-6-3-13-27-16)21-11-9-20(10-12-21)14-4-1-2-5-15(14)22(25)26/h1-6,13H,7-12H2,(H,19,24). The molecule has 8 nitrogen and oxygen atoms in total. The van der Waals surface area contributed by atoms with Crippen LogP contribution in [0.25, 0.3) is 0 Å². The SMILES string of the molecule is O=C(NCCC(=O)N1CCN(c2ccccc2[N+](=O)[O-])CC1)c1cccs1. The fourth-order valence-electron chi connectivity index (χ4n) is 3.02. The van der Waals surface area contributed by atoms with Crippen molar-refractivity contribution in [2.45, 2.75) is 6.42 Å². The van der Waals surface area contributed by atoms with Crippen LogP contribution < -0.4 is 10.2 Å². The van der Waals surface area contributed by atoms with Crippen molar-refractivity contribution in [3.05, 3.63) is 56.8 Å². The predicted molar refractivity (Wildman–Crippen MR) is 103 cm³/mol. The quantitative estimate of drug-likeness (QED) is 0.604. The summed E-state index contributed by atoms with van der Waals surface area (Å²) < 4.78 is 0. The van der Waals surface area contributed by atoms with Crippen LogP contribution in [0.15, 0.2) is 41.8 Å². The van der Waals surface area contributed by atoms with Crippen LogP contribution in [0.5, 0.6) is 0 Å². The van der Waals surface area contributed by atoms with E-state index < -0.39 is 0 Å². The second kappa shape index (κ2) is 8.63. The van der Waals surface area contributed by atoms with E-state index in [-0.39, 0.29) is 28.8 Å². The van der Waals surface area contributed by atoms with Crippen LogP contribution in [0, 0.1) is 10.1 Å². The molecule has 0 unspecified atom stereocenters. The lowest BCUT2D eigenvalue weighted by molar-refractivity contribution is -0.384. The number of hydrogen-bond donors (Lipinski definition) is 1. The molecule has 27 heavy (non-hydrogen) atoms. The Kier molecular flexibility index (Phi) is 6.02. The van der Waals surface area contributed by atoms with Gasteiger partial charge in [-0.15, -0.1) is 11.3 Å². The molecule has 1 aromatic carbocycles. The fourth-order valence-corrected chi connectivity index (χ4v) is 3.66. The molecule has 1 saturated heterocycles. The van der Waals surface area contributed by atoms with E-state index in [1.165, 1.54) is 17.4 Å². The summed E-state index contributed by atoms with van der Waals surface area (Å²) in [6.45, 7) is 2.38. The molecular weight excluding hydrogens is 368 g/mol. The first-order valence-electron chi connectivity index (χ1n) is 8.64. The summed E-state index contributed by atoms with van der Waals surface area (Å²) in [5.41, 5.74) is 0.659. The van der Waals surface area contributed by atoms with Crippen molar-refractivity contribution in [2.24, 2.45) is 0 Å². The zero-order valence-electron chi connectivity index (χ0n) is 14.7. The molecule has 1 aliphatic rings. The summed E-state index contributed by atoms with van der Waals surface area (Å²) >= 11 is 1.36. The molecule has 0 aliphatic carbocycles. The van der Waals surface area contributed by atoms with Crippen molar-refractivity contribution in [1.82, 2.24) is 10.2 Å². The van der Waals surface area contributed by atoms with Crippen molar-refractivity contribution in [1.29, 1.82) is 0 Å². The number of nitro benzene ring substituents is 1. The third-order valence-corrected chi connectivity index (χ3v) is 5.29. The zero-order chi connectivity index (χ0) is 19.2. The van der Waals surface area contributed by atoms with E-state index in [0.717, 1.165) is 0 Å². The number of nitro groups is 1. The molecule has 0 atom stereocenters. The van der Waals surface area contributed by atoms with Crippen LogP contribution >= 0.6 is 11.3 Å². The molecule has 0 radical (unpaired) electrons. The first-order chi connectivity index (χ1) is 13.1. The average Bonchev–Trinajstić information content (AvgIpc) is 3.23. The third-order valence-electron chi connectivity index (χ3n) is 4.42. The van der Waals surface area contributed by atoms with Crippen molar-refractivity contribution in [3.8, 4) is 0 Å². The molecule has 2 amide bonds. The van der Waals surface area contributed by atoms with Gasteiger partial charge in [0, 0.05) is 45.2 Å². The smallest absolute Gasteiger partial charge is 0.292 e. The highest BCUT2D eigenvalue weighted by atomic mass is 32.1. The van der Waals surface area contributed by atoms with Crippen LogP contribution in [0.3, 0.4) is 0 Å². The summed E-state index contributed by atoms with van der Waals surface area (Å²) in [5.74, 6) is -0.192. The van der Waals surface area contributed by atoms with Gasteiger partial charge in [0.25, 0.3) is 11.6 Å². The number of anilines is 1. The summed E-state index contributed by atoms with van der Waals surface area (Å²) in [7, 11) is 0. The van der Waals surface area contributed by atoms with Crippen molar-refractivity contribution in [3.63, 3.8) is 0 Å². The monoisotopic (exact) mass is 388 g/mol. The van der Waals surface area contributed by atoms with E-state index in [2.05, 4.69) is 5.32 Å². The second-order valence-electron chi connectivity index (χ2n) is 6.10. The first-order valence-corrected chi connectivity index (χ1v) is 9.52. The summed E-state index contributed by atoms with van der Waals surface area (Å²) in [4.78, 5) is 39.3. The number of carbonyl (C=O) groups excluding carboxylic acids is 2. The number of benzene rings is 1. The lowest BCUT2D eigenvalue weighted by Gasteiger charge is -2.35. The maximum atomic E-state index is 12.3. The summed E-state index contributed by atoms with van der Waals surface area (Å²) in [6, 6.07) is 10.2. The number of rotatable bonds is 6. The largest absolute Gasteiger partial charge is 0.362 e. The molecule has 0 spiro atoms. The van der Waals surface area contributed by atoms with E-state index in [9.17, 15) is 19.7 Å². The zero-order valence-corrected chi connectivity index (χ0v) is 15.5. The molecule has 142 valence electrons. The Balaban J connectivity index is 1.47. The number of hydrogen-bond acceptors (Lipinski definition) is 6. The molecule has 9 heteroatoms. The van der Waals surface area contributed by atoms with Crippen LogP contribution in [0.1, 0.15) is 16.1 Å². The maximum Gasteiger partial charge on any atom is 0.292 e. The van der Waals surface area contributed by atoms with Gasteiger partial charge in [-0.1, -0.05) is 18.2 Å². The lowest BCUT2D eigenvalue weighted by atomic mass is 10.2. The Morgan fingerprint density at radius 2 is 1.85 bits per heavy atom. The van der Waals surface area contributed by atoms with Crippen LogP contribution in [-0.2, 0) is 4.79 Å². The second-order valence-corrected chi connectivity index (χ2v) is 7.04. The molecule has 1 fully saturated rings. The number of amides is 2. The molecule has 1 aliphatic heterocycles. The Hall–Kier alpha value is -2.94. The molecular formula is C18H20N4O4S. The number of carbonyl (C=O) groups is 2. The van der Waals surface area contributed by atoms with E-state index in [1.807, 2.05) is 10.3 Å². The molecule has 1 aromatic heterocycles. The Morgan fingerprint density at radius 3 is 2.52 bits per heavy atom. The van der Waals surface area contributed by atoms with Crippen molar-refractivity contribution >= 4 is 34.5 Å². The van der Waals surface area contributed by atoms with Gasteiger partial charge in [0.2, 0.25) is 5.91 Å². The average molecular weight is 388 g/mol. The first kappa shape index (κ1) is 18.8. The topological polar surface area (TPSA) is 95.8 Å². The summed E-state index contributed by atoms with van der Waals surface area (Å²) in [6.07, 6.45) is 0.239. The van der Waals surface area contributed by atoms with E-state index in [1.54, 1.807) is 35.2 Å². The van der Waals surface area contributed by atoms with Crippen LogP contribution in [-0.4, -0.2) is 54.4 Å². The normalized spacial score (nSPS) is 14.1. The van der Waals surface area contributed by atoms with E-state index in [0.29, 0.717) is 43.3 Å². The van der Waals surface area contributed by atoms with Gasteiger partial charge in [-0.25, -0.2) is 0 Å². The number of para-hydroxylation sites is 2. The van der Waals surface area contributed by atoms with Crippen molar-refractivity contribution in [2.75, 3.05) is 37.6 Å². The number of nitrogens with one attached hydrogen (secondary N) is 1. The number of thiophene rings is 1. The molecule has 0 saturated carbocycles. The molecule has 1 N–H and O–H groups in total. The van der Waals surface area contributed by atoms with Crippen LogP contribution in [0.4, 0.5) is 11.4 Å². The Labute approximate surface area is 160 Å². The molecule has 0 bridgehead atoms.